The first-order chi connectivity index (χ1) is 8.45. The fourth-order valence-corrected chi connectivity index (χ4v) is 3.21. The molecule has 0 amide bonds. The van der Waals surface area contributed by atoms with Crippen LogP contribution in [0.5, 0.6) is 0 Å². The largest absolute Gasteiger partial charge is 0.446 e. The molecular weight excluding hydrogens is 259 g/mol. The van der Waals surface area contributed by atoms with Crippen LogP contribution in [0.25, 0.3) is 0 Å². The number of alkyl halides is 3. The van der Waals surface area contributed by atoms with Gasteiger partial charge in [0.2, 0.25) is 0 Å². The van der Waals surface area contributed by atoms with Crippen molar-refractivity contribution in [3.8, 4) is 0 Å². The number of halogens is 3. The second kappa shape index (κ2) is 5.13. The van der Waals surface area contributed by atoms with Crippen molar-refractivity contribution in [2.75, 3.05) is 6.54 Å². The third-order valence-electron chi connectivity index (χ3n) is 3.65. The molecule has 2 rings (SSSR count). The van der Waals surface area contributed by atoms with E-state index in [4.69, 9.17) is 5.73 Å². The molecule has 1 aliphatic rings. The summed E-state index contributed by atoms with van der Waals surface area (Å²) in [6.07, 6.45) is 4.37. The first-order valence-electron chi connectivity index (χ1n) is 6.02. The Hall–Kier alpha value is -0.680. The normalized spacial score (nSPS) is 19.1. The van der Waals surface area contributed by atoms with Crippen molar-refractivity contribution < 1.29 is 13.2 Å². The number of hydrogen-bond donors (Lipinski definition) is 1. The molecule has 0 radical (unpaired) electrons. The minimum atomic E-state index is -4.22. The van der Waals surface area contributed by atoms with Crippen LogP contribution in [0.15, 0.2) is 29.2 Å². The van der Waals surface area contributed by atoms with Crippen molar-refractivity contribution >= 4 is 11.8 Å². The first-order valence-corrected chi connectivity index (χ1v) is 6.83. The second-order valence-corrected chi connectivity index (χ2v) is 5.90. The van der Waals surface area contributed by atoms with Gasteiger partial charge in [0, 0.05) is 16.9 Å². The number of rotatable bonds is 3. The van der Waals surface area contributed by atoms with Crippen LogP contribution in [0.1, 0.15) is 31.2 Å². The fraction of sp³-hybridized carbons (Fsp3) is 0.538. The molecule has 0 aliphatic heterocycles. The van der Waals surface area contributed by atoms with Crippen molar-refractivity contribution in [1.82, 2.24) is 0 Å². The zero-order valence-corrected chi connectivity index (χ0v) is 10.8. The van der Waals surface area contributed by atoms with E-state index >= 15 is 0 Å². The van der Waals surface area contributed by atoms with Gasteiger partial charge >= 0.3 is 5.51 Å². The maximum Gasteiger partial charge on any atom is 0.446 e. The summed E-state index contributed by atoms with van der Waals surface area (Å²) >= 11 is -0.0728. The van der Waals surface area contributed by atoms with Gasteiger partial charge in [-0.25, -0.2) is 0 Å². The molecule has 18 heavy (non-hydrogen) atoms. The average molecular weight is 275 g/mol. The van der Waals surface area contributed by atoms with Gasteiger partial charge in [-0.3, -0.25) is 0 Å². The zero-order chi connectivity index (χ0) is 13.2. The van der Waals surface area contributed by atoms with Gasteiger partial charge in [-0.05, 0) is 42.3 Å². The summed E-state index contributed by atoms with van der Waals surface area (Å²) in [4.78, 5) is 0.233. The number of nitrogens with two attached hydrogens (primary N) is 1. The molecule has 1 aliphatic carbocycles. The Kier molecular flexibility index (Phi) is 3.92. The first kappa shape index (κ1) is 13.7. The predicted molar refractivity (Wildman–Crippen MR) is 67.6 cm³/mol. The molecule has 0 heterocycles. The highest BCUT2D eigenvalue weighted by atomic mass is 32.2. The maximum atomic E-state index is 12.2. The summed E-state index contributed by atoms with van der Waals surface area (Å²) in [5.41, 5.74) is 2.70. The molecule has 100 valence electrons. The predicted octanol–water partition coefficient (Wildman–Crippen LogP) is 4.07. The van der Waals surface area contributed by atoms with E-state index in [0.29, 0.717) is 6.54 Å². The summed E-state index contributed by atoms with van der Waals surface area (Å²) in [5, 5.41) is 0. The van der Waals surface area contributed by atoms with Crippen molar-refractivity contribution in [3.05, 3.63) is 29.8 Å². The van der Waals surface area contributed by atoms with E-state index in [1.54, 1.807) is 24.3 Å². The van der Waals surface area contributed by atoms with E-state index in [1.807, 2.05) is 0 Å². The average Bonchev–Trinajstić information content (AvgIpc) is 2.77. The molecule has 1 nitrogen and oxygen atoms in total. The van der Waals surface area contributed by atoms with Gasteiger partial charge < -0.3 is 5.73 Å². The Labute approximate surface area is 109 Å². The quantitative estimate of drug-likeness (QED) is 0.841. The summed E-state index contributed by atoms with van der Waals surface area (Å²) < 4.78 is 36.7. The van der Waals surface area contributed by atoms with Gasteiger partial charge in [-0.15, -0.1) is 0 Å². The smallest absolute Gasteiger partial charge is 0.330 e. The molecule has 1 saturated carbocycles. The molecule has 2 N–H and O–H groups in total. The van der Waals surface area contributed by atoms with Crippen LogP contribution in [0, 0.1) is 0 Å². The Bertz CT molecular complexity index is 394. The van der Waals surface area contributed by atoms with Crippen molar-refractivity contribution in [3.63, 3.8) is 0 Å². The summed E-state index contributed by atoms with van der Waals surface area (Å²) in [7, 11) is 0. The van der Waals surface area contributed by atoms with Crippen molar-refractivity contribution in [2.24, 2.45) is 5.73 Å². The highest BCUT2D eigenvalue weighted by Gasteiger charge is 2.34. The van der Waals surface area contributed by atoms with Crippen LogP contribution in [0.3, 0.4) is 0 Å². The van der Waals surface area contributed by atoms with Crippen LogP contribution < -0.4 is 5.73 Å². The molecule has 1 fully saturated rings. The van der Waals surface area contributed by atoms with Crippen LogP contribution in [0.2, 0.25) is 0 Å². The molecule has 0 saturated heterocycles. The third kappa shape index (κ3) is 3.01. The second-order valence-electron chi connectivity index (χ2n) is 4.76. The number of thioether (sulfide) groups is 1. The Morgan fingerprint density at radius 2 is 1.67 bits per heavy atom. The summed E-state index contributed by atoms with van der Waals surface area (Å²) in [5.74, 6) is 0. The molecular formula is C13H16F3NS. The minimum absolute atomic E-state index is 0.0125. The van der Waals surface area contributed by atoms with Gasteiger partial charge in [0.1, 0.15) is 0 Å². The maximum absolute atomic E-state index is 12.2. The number of benzene rings is 1. The van der Waals surface area contributed by atoms with Gasteiger partial charge in [0.15, 0.2) is 0 Å². The Morgan fingerprint density at radius 3 is 2.11 bits per heavy atom. The van der Waals surface area contributed by atoms with Crippen LogP contribution in [0.4, 0.5) is 13.2 Å². The summed E-state index contributed by atoms with van der Waals surface area (Å²) in [6, 6.07) is 6.69. The lowest BCUT2D eigenvalue weighted by atomic mass is 9.79. The molecule has 0 atom stereocenters. The SMILES string of the molecule is NCC1(c2ccc(SC(F)(F)F)cc2)CCCC1. The lowest BCUT2D eigenvalue weighted by Crippen LogP contribution is -2.31. The standard InChI is InChI=1S/C13H16F3NS/c14-13(15,16)18-11-5-3-10(4-6-11)12(9-17)7-1-2-8-12/h3-6H,1-2,7-9,17H2. The molecule has 0 unspecified atom stereocenters. The molecule has 0 spiro atoms. The third-order valence-corrected chi connectivity index (χ3v) is 4.39. The van der Waals surface area contributed by atoms with E-state index in [-0.39, 0.29) is 22.1 Å². The lowest BCUT2D eigenvalue weighted by molar-refractivity contribution is -0.0328. The molecule has 0 bridgehead atoms. The van der Waals surface area contributed by atoms with E-state index in [9.17, 15) is 13.2 Å². The monoisotopic (exact) mass is 275 g/mol. The minimum Gasteiger partial charge on any atom is -0.330 e. The molecule has 0 aromatic heterocycles. The van der Waals surface area contributed by atoms with E-state index in [0.717, 1.165) is 31.2 Å². The van der Waals surface area contributed by atoms with Gasteiger partial charge in [0.25, 0.3) is 0 Å². The van der Waals surface area contributed by atoms with E-state index < -0.39 is 5.51 Å². The van der Waals surface area contributed by atoms with Crippen LogP contribution in [-0.4, -0.2) is 12.1 Å². The van der Waals surface area contributed by atoms with Gasteiger partial charge in [-0.2, -0.15) is 13.2 Å². The van der Waals surface area contributed by atoms with Gasteiger partial charge in [-0.1, -0.05) is 25.0 Å². The Morgan fingerprint density at radius 1 is 1.11 bits per heavy atom. The fourth-order valence-electron chi connectivity index (χ4n) is 2.67. The summed E-state index contributed by atoms with van der Waals surface area (Å²) in [6.45, 7) is 0.568. The topological polar surface area (TPSA) is 26.0 Å². The Balaban J connectivity index is 2.16. The highest BCUT2D eigenvalue weighted by Crippen LogP contribution is 2.42. The van der Waals surface area contributed by atoms with Crippen LogP contribution >= 0.6 is 11.8 Å². The number of hydrogen-bond acceptors (Lipinski definition) is 2. The molecule has 1 aromatic carbocycles. The highest BCUT2D eigenvalue weighted by molar-refractivity contribution is 8.00. The lowest BCUT2D eigenvalue weighted by Gasteiger charge is -2.28. The van der Waals surface area contributed by atoms with Gasteiger partial charge in [0.05, 0.1) is 0 Å². The van der Waals surface area contributed by atoms with Crippen molar-refractivity contribution in [1.29, 1.82) is 0 Å². The van der Waals surface area contributed by atoms with E-state index in [2.05, 4.69) is 0 Å². The molecule has 5 heteroatoms. The van der Waals surface area contributed by atoms with Crippen LogP contribution in [-0.2, 0) is 5.41 Å². The molecule has 1 aromatic rings. The van der Waals surface area contributed by atoms with Crippen molar-refractivity contribution in [2.45, 2.75) is 41.5 Å². The van der Waals surface area contributed by atoms with E-state index in [1.165, 1.54) is 0 Å². The zero-order valence-electron chi connectivity index (χ0n) is 9.96.